The van der Waals surface area contributed by atoms with Crippen molar-refractivity contribution in [2.45, 2.75) is 0 Å². The third-order valence-corrected chi connectivity index (χ3v) is 3.68. The minimum atomic E-state index is -0.189. The molecular formula is C14H9BrN2OS. The molecule has 3 nitrogen and oxygen atoms in total. The molecule has 0 saturated heterocycles. The summed E-state index contributed by atoms with van der Waals surface area (Å²) in [6.07, 6.45) is 1.68. The topological polar surface area (TPSA) is 37.8 Å². The second-order valence-electron chi connectivity index (χ2n) is 4.16. The summed E-state index contributed by atoms with van der Waals surface area (Å²) < 4.78 is 3.22. The van der Waals surface area contributed by atoms with Crippen LogP contribution in [0.4, 0.5) is 0 Å². The molecule has 2 aromatic carbocycles. The van der Waals surface area contributed by atoms with Gasteiger partial charge in [-0.25, -0.2) is 0 Å². The molecule has 0 atom stereocenters. The zero-order valence-corrected chi connectivity index (χ0v) is 12.2. The van der Waals surface area contributed by atoms with Crippen molar-refractivity contribution in [2.75, 3.05) is 0 Å². The first-order chi connectivity index (χ1) is 9.13. The van der Waals surface area contributed by atoms with Crippen molar-refractivity contribution >= 4 is 38.9 Å². The summed E-state index contributed by atoms with van der Waals surface area (Å²) in [5, 5.41) is 2.27. The Kier molecular flexibility index (Phi) is 3.08. The highest BCUT2D eigenvalue weighted by Crippen LogP contribution is 2.22. The van der Waals surface area contributed by atoms with Crippen LogP contribution in [0.1, 0.15) is 0 Å². The Morgan fingerprint density at radius 3 is 2.58 bits per heavy atom. The van der Waals surface area contributed by atoms with E-state index >= 15 is 0 Å². The van der Waals surface area contributed by atoms with E-state index in [9.17, 15) is 4.79 Å². The minimum absolute atomic E-state index is 0.189. The van der Waals surface area contributed by atoms with E-state index in [1.165, 1.54) is 6.07 Å². The lowest BCUT2D eigenvalue weighted by Gasteiger charge is -2.07. The fourth-order valence-electron chi connectivity index (χ4n) is 1.97. The van der Waals surface area contributed by atoms with E-state index in [1.807, 2.05) is 30.3 Å². The van der Waals surface area contributed by atoms with Crippen molar-refractivity contribution in [3.63, 3.8) is 0 Å². The van der Waals surface area contributed by atoms with Crippen LogP contribution in [0, 0.1) is 4.77 Å². The van der Waals surface area contributed by atoms with Crippen LogP contribution in [0.2, 0.25) is 0 Å². The second kappa shape index (κ2) is 4.75. The lowest BCUT2D eigenvalue weighted by molar-refractivity contribution is 0.939. The van der Waals surface area contributed by atoms with Gasteiger partial charge in [-0.1, -0.05) is 28.1 Å². The highest BCUT2D eigenvalue weighted by molar-refractivity contribution is 9.10. The summed E-state index contributed by atoms with van der Waals surface area (Å²) in [6, 6.07) is 13.6. The van der Waals surface area contributed by atoms with Crippen LogP contribution in [0.3, 0.4) is 0 Å². The summed E-state index contributed by atoms with van der Waals surface area (Å²) in [6.45, 7) is 0. The largest absolute Gasteiger partial charge is 0.299 e. The zero-order valence-electron chi connectivity index (χ0n) is 9.76. The van der Waals surface area contributed by atoms with Gasteiger partial charge < -0.3 is 0 Å². The van der Waals surface area contributed by atoms with Gasteiger partial charge in [0, 0.05) is 22.4 Å². The molecule has 0 aliphatic rings. The van der Waals surface area contributed by atoms with Gasteiger partial charge in [0.05, 0.1) is 0 Å². The first kappa shape index (κ1) is 12.3. The predicted molar refractivity (Wildman–Crippen MR) is 82.4 cm³/mol. The lowest BCUT2D eigenvalue weighted by atomic mass is 10.1. The first-order valence-electron chi connectivity index (χ1n) is 5.65. The van der Waals surface area contributed by atoms with Crippen molar-refractivity contribution in [2.24, 2.45) is 0 Å². The molecule has 3 rings (SSSR count). The van der Waals surface area contributed by atoms with Crippen LogP contribution in [0.5, 0.6) is 0 Å². The van der Waals surface area contributed by atoms with Crippen molar-refractivity contribution in [3.05, 3.63) is 68.3 Å². The number of benzene rings is 2. The molecule has 5 heteroatoms. The summed E-state index contributed by atoms with van der Waals surface area (Å²) in [4.78, 5) is 13.8. The lowest BCUT2D eigenvalue weighted by Crippen LogP contribution is -2.09. The molecule has 0 fully saturated rings. The maximum atomic E-state index is 11.2. The Hall–Kier alpha value is -1.72. The minimum Gasteiger partial charge on any atom is -0.299 e. The van der Waals surface area contributed by atoms with Gasteiger partial charge in [0.1, 0.15) is 0 Å². The van der Waals surface area contributed by atoms with E-state index in [-0.39, 0.29) is 5.56 Å². The van der Waals surface area contributed by atoms with Crippen molar-refractivity contribution in [3.8, 4) is 5.69 Å². The van der Waals surface area contributed by atoms with Crippen molar-refractivity contribution in [1.82, 2.24) is 9.55 Å². The Morgan fingerprint density at radius 2 is 1.79 bits per heavy atom. The molecule has 0 amide bonds. The number of aromatic amines is 1. The van der Waals surface area contributed by atoms with Gasteiger partial charge in [0.25, 0.3) is 5.56 Å². The normalized spacial score (nSPS) is 10.8. The molecule has 3 aromatic rings. The highest BCUT2D eigenvalue weighted by Gasteiger charge is 2.00. The van der Waals surface area contributed by atoms with Crippen molar-refractivity contribution < 1.29 is 0 Å². The molecule has 0 aliphatic heterocycles. The van der Waals surface area contributed by atoms with Crippen molar-refractivity contribution in [1.29, 1.82) is 0 Å². The third kappa shape index (κ3) is 2.39. The van der Waals surface area contributed by atoms with Crippen LogP contribution < -0.4 is 5.56 Å². The van der Waals surface area contributed by atoms with Crippen LogP contribution in [0.25, 0.3) is 16.5 Å². The number of hydrogen-bond donors (Lipinski definition) is 1. The SMILES string of the molecule is O=c1ccn(-c2ccc3cc(Br)ccc3c2)c(=S)[nH]1. The van der Waals surface area contributed by atoms with E-state index < -0.39 is 0 Å². The van der Waals surface area contributed by atoms with Gasteiger partial charge in [-0.3, -0.25) is 14.3 Å². The average Bonchev–Trinajstić information content (AvgIpc) is 2.38. The number of halogens is 1. The van der Waals surface area contributed by atoms with Gasteiger partial charge in [-0.05, 0) is 47.3 Å². The second-order valence-corrected chi connectivity index (χ2v) is 5.46. The molecule has 0 unspecified atom stereocenters. The van der Waals surface area contributed by atoms with Crippen LogP contribution >= 0.6 is 28.1 Å². The van der Waals surface area contributed by atoms with E-state index in [0.29, 0.717) is 4.77 Å². The Morgan fingerprint density at radius 1 is 1.05 bits per heavy atom. The fourth-order valence-corrected chi connectivity index (χ4v) is 2.62. The molecule has 1 N–H and O–H groups in total. The molecule has 1 heterocycles. The number of rotatable bonds is 1. The first-order valence-corrected chi connectivity index (χ1v) is 6.85. The van der Waals surface area contributed by atoms with Gasteiger partial charge in [0.2, 0.25) is 0 Å². The maximum Gasteiger partial charge on any atom is 0.251 e. The molecule has 0 aliphatic carbocycles. The number of fused-ring (bicyclic) bond motifs is 1. The maximum absolute atomic E-state index is 11.2. The van der Waals surface area contributed by atoms with E-state index in [4.69, 9.17) is 12.2 Å². The Labute approximate surface area is 122 Å². The summed E-state index contributed by atoms with van der Waals surface area (Å²) >= 11 is 8.62. The third-order valence-electron chi connectivity index (χ3n) is 2.89. The number of aromatic nitrogens is 2. The van der Waals surface area contributed by atoms with E-state index in [0.717, 1.165) is 20.9 Å². The molecular weight excluding hydrogens is 324 g/mol. The molecule has 94 valence electrons. The smallest absolute Gasteiger partial charge is 0.251 e. The fraction of sp³-hybridized carbons (Fsp3) is 0. The monoisotopic (exact) mass is 332 g/mol. The quantitative estimate of drug-likeness (QED) is 0.688. The highest BCUT2D eigenvalue weighted by atomic mass is 79.9. The van der Waals surface area contributed by atoms with Crippen LogP contribution in [0.15, 0.2) is 57.9 Å². The molecule has 0 spiro atoms. The number of hydrogen-bond acceptors (Lipinski definition) is 2. The number of H-pyrrole nitrogens is 1. The predicted octanol–water partition coefficient (Wildman–Crippen LogP) is 3.81. The summed E-state index contributed by atoms with van der Waals surface area (Å²) in [7, 11) is 0. The van der Waals surface area contributed by atoms with E-state index in [2.05, 4.69) is 27.0 Å². The van der Waals surface area contributed by atoms with Crippen LogP contribution in [-0.4, -0.2) is 9.55 Å². The Balaban J connectivity index is 2.23. The van der Waals surface area contributed by atoms with Gasteiger partial charge in [-0.2, -0.15) is 0 Å². The van der Waals surface area contributed by atoms with Crippen LogP contribution in [-0.2, 0) is 0 Å². The number of nitrogens with zero attached hydrogens (tertiary/aromatic N) is 1. The number of nitrogens with one attached hydrogen (secondary N) is 1. The van der Waals surface area contributed by atoms with Gasteiger partial charge in [0.15, 0.2) is 4.77 Å². The molecule has 0 radical (unpaired) electrons. The van der Waals surface area contributed by atoms with E-state index in [1.54, 1.807) is 10.8 Å². The molecule has 19 heavy (non-hydrogen) atoms. The summed E-state index contributed by atoms with van der Waals surface area (Å²) in [5.74, 6) is 0. The molecule has 0 bridgehead atoms. The molecule has 1 aromatic heterocycles. The zero-order chi connectivity index (χ0) is 13.4. The summed E-state index contributed by atoms with van der Waals surface area (Å²) in [5.41, 5.74) is 0.738. The Bertz CT molecular complexity index is 882. The standard InChI is InChI=1S/C14H9BrN2OS/c15-11-3-1-10-8-12(4-2-9(10)7-11)17-6-5-13(18)16-14(17)19/h1-8H,(H,16,18,19). The van der Waals surface area contributed by atoms with Gasteiger partial charge >= 0.3 is 0 Å². The molecule has 0 saturated carbocycles. The average molecular weight is 333 g/mol. The van der Waals surface area contributed by atoms with Gasteiger partial charge in [-0.15, -0.1) is 0 Å².